The van der Waals surface area contributed by atoms with Gasteiger partial charge in [0.2, 0.25) is 5.91 Å². The van der Waals surface area contributed by atoms with Gasteiger partial charge in [-0.3, -0.25) is 4.79 Å². The maximum atomic E-state index is 12.7. The van der Waals surface area contributed by atoms with Crippen molar-refractivity contribution in [1.82, 2.24) is 15.5 Å². The Labute approximate surface area is 261 Å². The van der Waals surface area contributed by atoms with Crippen LogP contribution in [0.2, 0.25) is 0 Å². The Morgan fingerprint density at radius 1 is 0.756 bits per heavy atom. The molecule has 0 unspecified atom stereocenters. The Morgan fingerprint density at radius 2 is 1.33 bits per heavy atom. The molecule has 0 atom stereocenters. The van der Waals surface area contributed by atoms with E-state index in [2.05, 4.69) is 17.6 Å². The maximum absolute atomic E-state index is 12.7. The number of amides is 3. The van der Waals surface area contributed by atoms with Gasteiger partial charge < -0.3 is 35.6 Å². The average Bonchev–Trinajstić information content (AvgIpc) is 3.02. The lowest BCUT2D eigenvalue weighted by molar-refractivity contribution is -0.159. The highest BCUT2D eigenvalue weighted by molar-refractivity contribution is 5.96. The summed E-state index contributed by atoms with van der Waals surface area (Å²) in [5.41, 5.74) is 2.93. The summed E-state index contributed by atoms with van der Waals surface area (Å²) < 4.78 is 4.79. The second kappa shape index (κ2) is 19.0. The van der Waals surface area contributed by atoms with Crippen LogP contribution in [0.3, 0.4) is 0 Å². The summed E-state index contributed by atoms with van der Waals surface area (Å²) in [6.07, 6.45) is 1.18. The van der Waals surface area contributed by atoms with Crippen LogP contribution in [0.1, 0.15) is 53.2 Å². The van der Waals surface area contributed by atoms with Crippen molar-refractivity contribution in [2.24, 2.45) is 0 Å². The number of nitrogens with one attached hydrogen (secondary N) is 2. The van der Waals surface area contributed by atoms with E-state index in [1.165, 1.54) is 24.3 Å². The van der Waals surface area contributed by atoms with Gasteiger partial charge in [-0.1, -0.05) is 79.9 Å². The third-order valence-corrected chi connectivity index (χ3v) is 6.30. The molecule has 0 aliphatic carbocycles. The maximum Gasteiger partial charge on any atom is 0.356 e. The number of ether oxygens (including phenoxy) is 1. The summed E-state index contributed by atoms with van der Waals surface area (Å²) >= 11 is 0. The fourth-order valence-electron chi connectivity index (χ4n) is 3.87. The monoisotopic (exact) mass is 621 g/mol. The summed E-state index contributed by atoms with van der Waals surface area (Å²) in [5.74, 6) is -4.04. The van der Waals surface area contributed by atoms with Crippen LogP contribution in [-0.4, -0.2) is 69.3 Å². The summed E-state index contributed by atoms with van der Waals surface area (Å²) in [6, 6.07) is 22.1. The number of carboxylic acids is 3. The molecule has 5 N–H and O–H groups in total. The van der Waals surface area contributed by atoms with Gasteiger partial charge in [0, 0.05) is 19.6 Å². The van der Waals surface area contributed by atoms with Crippen molar-refractivity contribution in [3.8, 4) is 5.75 Å². The molecule has 0 bridgehead atoms. The molecule has 0 saturated carbocycles. The minimum atomic E-state index is -1.87. The quantitative estimate of drug-likeness (QED) is 0.122. The second-order valence-electron chi connectivity index (χ2n) is 10.0. The van der Waals surface area contributed by atoms with Crippen LogP contribution in [-0.2, 0) is 27.5 Å². The summed E-state index contributed by atoms with van der Waals surface area (Å²) in [4.78, 5) is 58.3. The lowest BCUT2D eigenvalue weighted by atomic mass is 10.1. The first-order valence-corrected chi connectivity index (χ1v) is 14.3. The van der Waals surface area contributed by atoms with E-state index in [0.29, 0.717) is 19.6 Å². The van der Waals surface area contributed by atoms with Crippen molar-refractivity contribution in [3.05, 3.63) is 101 Å². The minimum absolute atomic E-state index is 0.0891. The first kappa shape index (κ1) is 35.8. The summed E-state index contributed by atoms with van der Waals surface area (Å²) in [5, 5.41) is 31.6. The van der Waals surface area contributed by atoms with Crippen LogP contribution in [0.15, 0.2) is 78.9 Å². The number of urea groups is 1. The highest BCUT2D eigenvalue weighted by Gasteiger charge is 2.27. The molecule has 12 nitrogen and oxygen atoms in total. The Balaban J connectivity index is 0.000000394. The van der Waals surface area contributed by atoms with Crippen LogP contribution in [0.5, 0.6) is 5.75 Å². The van der Waals surface area contributed by atoms with E-state index in [-0.39, 0.29) is 29.8 Å². The van der Waals surface area contributed by atoms with E-state index in [4.69, 9.17) is 20.1 Å². The Hall–Kier alpha value is -5.39. The molecule has 3 aromatic rings. The second-order valence-corrected chi connectivity index (χ2v) is 10.0. The lowest BCUT2D eigenvalue weighted by Crippen LogP contribution is -2.44. The first-order chi connectivity index (χ1) is 21.5. The molecule has 0 aliphatic rings. The number of aromatic carboxylic acids is 1. The molecule has 0 fully saturated rings. The van der Waals surface area contributed by atoms with Crippen LogP contribution in [0.4, 0.5) is 4.79 Å². The number of benzene rings is 3. The van der Waals surface area contributed by atoms with Gasteiger partial charge in [0.25, 0.3) is 6.10 Å². The van der Waals surface area contributed by atoms with Gasteiger partial charge in [0.15, 0.2) is 0 Å². The lowest BCUT2D eigenvalue weighted by Gasteiger charge is -2.23. The summed E-state index contributed by atoms with van der Waals surface area (Å²) in [6.45, 7) is 5.12. The molecule has 240 valence electrons. The molecule has 0 radical (unpaired) electrons. The topological polar surface area (TPSA) is 183 Å². The van der Waals surface area contributed by atoms with Gasteiger partial charge in [-0.25, -0.2) is 19.2 Å². The molecule has 0 aromatic heterocycles. The molecule has 3 amide bonds. The van der Waals surface area contributed by atoms with Crippen molar-refractivity contribution < 1.29 is 44.0 Å². The number of hydrogen-bond acceptors (Lipinski definition) is 6. The van der Waals surface area contributed by atoms with Crippen molar-refractivity contribution in [3.63, 3.8) is 0 Å². The van der Waals surface area contributed by atoms with E-state index in [9.17, 15) is 24.0 Å². The number of carbonyl (C=O) groups excluding carboxylic acids is 2. The smallest absolute Gasteiger partial charge is 0.356 e. The number of unbranched alkanes of at least 4 members (excludes halogenated alkanes) is 2. The van der Waals surface area contributed by atoms with E-state index >= 15 is 0 Å². The zero-order chi connectivity index (χ0) is 33.2. The standard InChI is InChI=1S/C23H29N3O4.C10H10O5/c1-2-3-7-14-24-21(27)15-25-23(30)26(16-18-8-5-4-6-9-18)17-19-10-12-20(13-11-19)22(28)29;1-6-2-4-7(5-3-6)15-8(9(11)12)10(13)14/h4-6,8-13H,2-3,7,14-17H2,1H3,(H,24,27)(H,25,30)(H,28,29);2-5,8H,1H3,(H,11,12)(H,13,14). The van der Waals surface area contributed by atoms with Gasteiger partial charge in [-0.15, -0.1) is 0 Å². The third-order valence-electron chi connectivity index (χ3n) is 6.30. The van der Waals surface area contributed by atoms with Crippen molar-refractivity contribution in [2.45, 2.75) is 52.3 Å². The third kappa shape index (κ3) is 13.6. The van der Waals surface area contributed by atoms with Crippen LogP contribution in [0, 0.1) is 6.92 Å². The van der Waals surface area contributed by atoms with Crippen LogP contribution >= 0.6 is 0 Å². The predicted molar refractivity (Wildman–Crippen MR) is 166 cm³/mol. The van der Waals surface area contributed by atoms with E-state index < -0.39 is 24.0 Å². The number of carbonyl (C=O) groups is 5. The predicted octanol–water partition coefficient (Wildman–Crippen LogP) is 4.31. The molecule has 12 heteroatoms. The van der Waals surface area contributed by atoms with E-state index in [0.717, 1.165) is 36.0 Å². The zero-order valence-corrected chi connectivity index (χ0v) is 25.3. The Kier molecular flexibility index (Phi) is 15.1. The molecule has 0 spiro atoms. The van der Waals surface area contributed by atoms with Crippen LogP contribution in [0.25, 0.3) is 0 Å². The first-order valence-electron chi connectivity index (χ1n) is 14.3. The fourth-order valence-corrected chi connectivity index (χ4v) is 3.87. The molecule has 0 aliphatic heterocycles. The van der Waals surface area contributed by atoms with E-state index in [1.54, 1.807) is 29.2 Å². The molecule has 3 aromatic carbocycles. The Bertz CT molecular complexity index is 1380. The zero-order valence-electron chi connectivity index (χ0n) is 25.3. The SMILES string of the molecule is CCCCCNC(=O)CNC(=O)N(Cc1ccccc1)Cc1ccc(C(=O)O)cc1.Cc1ccc(OC(C(=O)O)C(=O)O)cc1. The minimum Gasteiger partial charge on any atom is -0.478 e. The number of rotatable bonds is 15. The van der Waals surface area contributed by atoms with Crippen LogP contribution < -0.4 is 15.4 Å². The number of aliphatic carboxylic acids is 2. The highest BCUT2D eigenvalue weighted by Crippen LogP contribution is 2.14. The molecular weight excluding hydrogens is 582 g/mol. The van der Waals surface area contributed by atoms with Gasteiger partial charge in [0.1, 0.15) is 5.75 Å². The molecule has 0 heterocycles. The highest BCUT2D eigenvalue weighted by atomic mass is 16.5. The molecule has 3 rings (SSSR count). The van der Waals surface area contributed by atoms with Gasteiger partial charge in [-0.2, -0.15) is 0 Å². The number of hydrogen-bond donors (Lipinski definition) is 5. The number of carboxylic acid groups (broad SMARTS) is 3. The molecular formula is C33H39N3O9. The Morgan fingerprint density at radius 3 is 1.87 bits per heavy atom. The van der Waals surface area contributed by atoms with Crippen molar-refractivity contribution in [2.75, 3.05) is 13.1 Å². The summed E-state index contributed by atoms with van der Waals surface area (Å²) in [7, 11) is 0. The largest absolute Gasteiger partial charge is 0.478 e. The van der Waals surface area contributed by atoms with Gasteiger partial charge >= 0.3 is 23.9 Å². The van der Waals surface area contributed by atoms with Gasteiger partial charge in [-0.05, 0) is 48.7 Å². The number of aryl methyl sites for hydroxylation is 1. The fraction of sp³-hybridized carbons (Fsp3) is 0.303. The average molecular weight is 622 g/mol. The van der Waals surface area contributed by atoms with Gasteiger partial charge in [0.05, 0.1) is 12.1 Å². The van der Waals surface area contributed by atoms with Crippen molar-refractivity contribution >= 4 is 29.8 Å². The molecule has 45 heavy (non-hydrogen) atoms. The molecule has 0 saturated heterocycles. The normalized spacial score (nSPS) is 10.2. The number of nitrogens with zero attached hydrogens (tertiary/aromatic N) is 1. The van der Waals surface area contributed by atoms with E-state index in [1.807, 2.05) is 37.3 Å². The van der Waals surface area contributed by atoms with Crippen molar-refractivity contribution in [1.29, 1.82) is 0 Å².